The summed E-state index contributed by atoms with van der Waals surface area (Å²) in [5, 5.41) is 45.2. The Labute approximate surface area is 607 Å². The van der Waals surface area contributed by atoms with E-state index in [0.717, 1.165) is 87.2 Å². The van der Waals surface area contributed by atoms with Gasteiger partial charge in [-0.05, 0) is 129 Å². The monoisotopic (exact) mass is 1460 g/mol. The van der Waals surface area contributed by atoms with Gasteiger partial charge in [0.1, 0.15) is 36.3 Å². The SMILES string of the molecule is CC[C@H](C)[C@H](NC(=O)[C@H](CCCCN)NC(=O)[C@H](CCC(=O)O)NC(=O)[C@@H](N)CSC1CC(=O)N(c2ccc3ccc4cccc5ccc2c3c45)C1=O)C(=O)N[C@@H](CCCN=C(N)N)C(=O)N[C@@H](CC(C)C)C(=O)N[C@@H](CSC1CC(=O)N(c2ccc3ccc4cccc5ccc2c3c45)C1=O)C(=O)O. The molecule has 104 heavy (non-hydrogen) atoms. The number of guanidine groups is 1. The minimum absolute atomic E-state index is 0.00322. The molecule has 0 bridgehead atoms. The summed E-state index contributed by atoms with van der Waals surface area (Å²) in [5.41, 5.74) is 24.3. The Kier molecular flexibility index (Phi) is 24.9. The molecule has 0 aromatic heterocycles. The Morgan fingerprint density at radius 2 is 0.942 bits per heavy atom. The molecule has 8 aromatic carbocycles. The number of imide groups is 2. The van der Waals surface area contributed by atoms with Crippen molar-refractivity contribution in [3.63, 3.8) is 0 Å². The van der Waals surface area contributed by atoms with Gasteiger partial charge in [-0.25, -0.2) is 14.6 Å². The number of hydrogen-bond donors (Lipinski definition) is 12. The van der Waals surface area contributed by atoms with Crippen molar-refractivity contribution in [3.8, 4) is 0 Å². The fraction of sp³-hybridized carbons (Fsp3) is 0.400. The molecule has 2 aliphatic rings. The first-order valence-electron chi connectivity index (χ1n) is 34.8. The summed E-state index contributed by atoms with van der Waals surface area (Å²) < 4.78 is 0. The third kappa shape index (κ3) is 17.3. The van der Waals surface area contributed by atoms with E-state index in [1.807, 2.05) is 97.1 Å². The second kappa shape index (κ2) is 33.9. The summed E-state index contributed by atoms with van der Waals surface area (Å²) in [6.45, 7) is 7.15. The molecule has 2 fully saturated rings. The highest BCUT2D eigenvalue weighted by atomic mass is 32.2. The number of amides is 10. The number of carbonyl (C=O) groups excluding carboxylic acids is 10. The number of aliphatic imine (C=N–C) groups is 1. The molecule has 10 atom stereocenters. The van der Waals surface area contributed by atoms with Crippen LogP contribution in [0.1, 0.15) is 98.3 Å². The molecule has 2 saturated heterocycles. The number of nitrogens with two attached hydrogens (primary N) is 4. The average Bonchev–Trinajstić information content (AvgIpc) is 1.06. The van der Waals surface area contributed by atoms with Crippen molar-refractivity contribution in [2.45, 2.75) is 151 Å². The summed E-state index contributed by atoms with van der Waals surface area (Å²) >= 11 is 1.88. The van der Waals surface area contributed by atoms with Crippen LogP contribution < -0.4 is 64.6 Å². The van der Waals surface area contributed by atoms with Gasteiger partial charge >= 0.3 is 11.9 Å². The molecular formula is C75H87N13O14S2. The lowest BCUT2D eigenvalue weighted by Crippen LogP contribution is -2.61. The minimum Gasteiger partial charge on any atom is -0.481 e. The molecule has 0 spiro atoms. The fourth-order valence-corrected chi connectivity index (χ4v) is 15.8. The van der Waals surface area contributed by atoms with Crippen LogP contribution in [0.15, 0.2) is 114 Å². The second-order valence-electron chi connectivity index (χ2n) is 27.0. The third-order valence-corrected chi connectivity index (χ3v) is 21.8. The smallest absolute Gasteiger partial charge is 0.327 e. The fourth-order valence-electron chi connectivity index (χ4n) is 13.6. The number of rotatable bonds is 36. The van der Waals surface area contributed by atoms with Gasteiger partial charge in [-0.3, -0.25) is 57.7 Å². The lowest BCUT2D eigenvalue weighted by Gasteiger charge is -2.30. The van der Waals surface area contributed by atoms with Crippen LogP contribution in [0.3, 0.4) is 0 Å². The first-order chi connectivity index (χ1) is 49.8. The Hall–Kier alpha value is -10.2. The molecular weight excluding hydrogens is 1370 g/mol. The number of carboxylic acid groups (broad SMARTS) is 2. The van der Waals surface area contributed by atoms with E-state index in [1.165, 1.54) is 0 Å². The largest absolute Gasteiger partial charge is 0.481 e. The normalized spacial score (nSPS) is 17.1. The molecule has 548 valence electrons. The zero-order chi connectivity index (χ0) is 74.8. The maximum atomic E-state index is 14.7. The molecule has 0 saturated carbocycles. The molecule has 27 nitrogen and oxygen atoms in total. The van der Waals surface area contributed by atoms with Gasteiger partial charge in [0.25, 0.3) is 0 Å². The topological polar surface area (TPSA) is 440 Å². The molecule has 29 heteroatoms. The third-order valence-electron chi connectivity index (χ3n) is 19.2. The molecule has 2 aliphatic heterocycles. The summed E-state index contributed by atoms with van der Waals surface area (Å²) in [6, 6.07) is 24.5. The first-order valence-corrected chi connectivity index (χ1v) is 36.9. The molecule has 2 heterocycles. The van der Waals surface area contributed by atoms with Crippen molar-refractivity contribution >= 4 is 177 Å². The van der Waals surface area contributed by atoms with E-state index in [4.69, 9.17) is 22.9 Å². The highest BCUT2D eigenvalue weighted by Crippen LogP contribution is 2.43. The van der Waals surface area contributed by atoms with Crippen molar-refractivity contribution < 1.29 is 67.7 Å². The van der Waals surface area contributed by atoms with Gasteiger partial charge < -0.3 is 65.0 Å². The first kappa shape index (κ1) is 76.4. The number of aliphatic carboxylic acids is 2. The summed E-state index contributed by atoms with van der Waals surface area (Å²) in [6.07, 6.45) is -0.586. The van der Waals surface area contributed by atoms with Crippen LogP contribution in [-0.2, 0) is 57.5 Å². The van der Waals surface area contributed by atoms with Crippen LogP contribution in [-0.4, -0.2) is 165 Å². The Morgan fingerprint density at radius 1 is 0.519 bits per heavy atom. The predicted molar refractivity (Wildman–Crippen MR) is 403 cm³/mol. The number of benzene rings is 8. The average molecular weight is 1460 g/mol. The van der Waals surface area contributed by atoms with E-state index in [0.29, 0.717) is 35.0 Å². The van der Waals surface area contributed by atoms with Crippen LogP contribution >= 0.6 is 23.5 Å². The summed E-state index contributed by atoms with van der Waals surface area (Å²) in [7, 11) is 0. The van der Waals surface area contributed by atoms with Gasteiger partial charge in [0, 0.05) is 48.1 Å². The van der Waals surface area contributed by atoms with Gasteiger partial charge in [0.05, 0.1) is 27.9 Å². The van der Waals surface area contributed by atoms with E-state index in [1.54, 1.807) is 39.8 Å². The number of nitrogens with one attached hydrogen (secondary N) is 6. The number of unbranched alkanes of at least 4 members (excludes halogenated alkanes) is 1. The summed E-state index contributed by atoms with van der Waals surface area (Å²) in [5.74, 6) is -11.8. The zero-order valence-electron chi connectivity index (χ0n) is 58.1. The lowest BCUT2D eigenvalue weighted by molar-refractivity contribution is -0.142. The highest BCUT2D eigenvalue weighted by Gasteiger charge is 2.44. The zero-order valence-corrected chi connectivity index (χ0v) is 59.7. The standard InChI is InChI=1S/C75H87N13O14S2/c1-5-39(4)65(86-69(96)49(15-6-7-31-76)82-68(95)51(27-30-60(91)92)81-66(93)48(77)36-103-56-34-58(89)87(72(56)99)54-28-23-44-19-17-40-11-8-13-42-21-25-46(54)63(44)61(40)42)71(98)83-50(16-10-32-80-75(78)79)67(94)84-52(33-38(2)3)70(97)85-53(74(101)102)37-104-57-35-59(90)88(73(57)100)55-29-24-45-20-18-41-12-9-14-43-22-26-47(55)64(45)62(41)43/h8-9,11-14,17-26,28-29,38-39,48-53,56-57,65H,5-7,10,15-16,27,30-37,76-77H2,1-4H3,(H,81,93)(H,82,95)(H,83,98)(H,84,94)(H,85,97)(H,86,96)(H,91,92)(H,101,102)(H4,78,79,80)/t39-,48-,49-,50-,51-,52-,53-,56?,57?,65-/m0/s1. The minimum atomic E-state index is -1.61. The molecule has 8 aromatic rings. The van der Waals surface area contributed by atoms with Crippen molar-refractivity contribution in [3.05, 3.63) is 109 Å². The lowest BCUT2D eigenvalue weighted by atomic mass is 9.93. The predicted octanol–water partition coefficient (Wildman–Crippen LogP) is 5.37. The Bertz CT molecular complexity index is 4610. The number of thioether (sulfide) groups is 2. The molecule has 10 rings (SSSR count). The van der Waals surface area contributed by atoms with Crippen LogP contribution in [0.5, 0.6) is 0 Å². The Morgan fingerprint density at radius 3 is 1.42 bits per heavy atom. The number of anilines is 2. The molecule has 0 radical (unpaired) electrons. The van der Waals surface area contributed by atoms with Gasteiger partial charge in [-0.1, -0.05) is 131 Å². The van der Waals surface area contributed by atoms with E-state index < -0.39 is 143 Å². The second-order valence-corrected chi connectivity index (χ2v) is 29.5. The quantitative estimate of drug-likeness (QED) is 0.00771. The van der Waals surface area contributed by atoms with Gasteiger partial charge in [0.2, 0.25) is 59.1 Å². The van der Waals surface area contributed by atoms with Gasteiger partial charge in [-0.2, -0.15) is 0 Å². The van der Waals surface area contributed by atoms with Crippen molar-refractivity contribution in [1.29, 1.82) is 0 Å². The summed E-state index contributed by atoms with van der Waals surface area (Å²) in [4.78, 5) is 173. The van der Waals surface area contributed by atoms with E-state index >= 15 is 0 Å². The van der Waals surface area contributed by atoms with Gasteiger partial charge in [0.15, 0.2) is 5.96 Å². The van der Waals surface area contributed by atoms with Crippen LogP contribution in [0.2, 0.25) is 0 Å². The molecule has 10 amide bonds. The number of nitrogens with zero attached hydrogens (tertiary/aromatic N) is 3. The van der Waals surface area contributed by atoms with Crippen LogP contribution in [0.25, 0.3) is 64.6 Å². The molecule has 16 N–H and O–H groups in total. The number of hydrogen-bond acceptors (Lipinski definition) is 17. The van der Waals surface area contributed by atoms with Crippen LogP contribution in [0.4, 0.5) is 11.4 Å². The Balaban J connectivity index is 0.778. The van der Waals surface area contributed by atoms with Crippen molar-refractivity contribution in [2.24, 2.45) is 39.8 Å². The van der Waals surface area contributed by atoms with Crippen LogP contribution in [0, 0.1) is 11.8 Å². The van der Waals surface area contributed by atoms with Gasteiger partial charge in [-0.15, -0.1) is 23.5 Å². The van der Waals surface area contributed by atoms with E-state index in [2.05, 4.69) is 36.9 Å². The number of carbonyl (C=O) groups is 12. The van der Waals surface area contributed by atoms with Crippen molar-refractivity contribution in [1.82, 2.24) is 31.9 Å². The molecule has 2 unspecified atom stereocenters. The maximum absolute atomic E-state index is 14.7. The highest BCUT2D eigenvalue weighted by molar-refractivity contribution is 8.01. The van der Waals surface area contributed by atoms with Crippen molar-refractivity contribution in [2.75, 3.05) is 34.4 Å². The van der Waals surface area contributed by atoms with E-state index in [-0.39, 0.29) is 81.4 Å². The maximum Gasteiger partial charge on any atom is 0.327 e. The van der Waals surface area contributed by atoms with E-state index in [9.17, 15) is 67.7 Å². The molecule has 0 aliphatic carbocycles. The number of carboxylic acids is 2.